The standard InChI is InChI=1S/C6H7BrN2/c1-9-5-8-4-6(9)2-3-7/h2-5H,1H3/b3-2+. The third-order valence-electron chi connectivity index (χ3n) is 1.09. The van der Waals surface area contributed by atoms with Crippen LogP contribution in [-0.4, -0.2) is 9.55 Å². The summed E-state index contributed by atoms with van der Waals surface area (Å²) in [5.41, 5.74) is 1.09. The molecule has 0 fully saturated rings. The lowest BCUT2D eigenvalue weighted by Gasteiger charge is -1.90. The molecule has 1 rings (SSSR count). The summed E-state index contributed by atoms with van der Waals surface area (Å²) in [6.07, 6.45) is 5.51. The minimum atomic E-state index is 1.09. The van der Waals surface area contributed by atoms with E-state index in [-0.39, 0.29) is 0 Å². The van der Waals surface area contributed by atoms with Crippen molar-refractivity contribution in [2.24, 2.45) is 7.05 Å². The summed E-state index contributed by atoms with van der Waals surface area (Å²) >= 11 is 3.18. The molecule has 0 amide bonds. The van der Waals surface area contributed by atoms with Gasteiger partial charge >= 0.3 is 0 Å². The Morgan fingerprint density at radius 2 is 2.56 bits per heavy atom. The van der Waals surface area contributed by atoms with Crippen molar-refractivity contribution in [1.29, 1.82) is 0 Å². The summed E-state index contributed by atoms with van der Waals surface area (Å²) in [5, 5.41) is 0. The van der Waals surface area contributed by atoms with Crippen molar-refractivity contribution in [3.8, 4) is 0 Å². The van der Waals surface area contributed by atoms with Crippen LogP contribution in [0.1, 0.15) is 5.69 Å². The maximum absolute atomic E-state index is 3.93. The van der Waals surface area contributed by atoms with E-state index in [0.29, 0.717) is 0 Å². The second kappa shape index (κ2) is 2.82. The van der Waals surface area contributed by atoms with Crippen LogP contribution in [0.15, 0.2) is 17.5 Å². The predicted octanol–water partition coefficient (Wildman–Crippen LogP) is 1.79. The second-order valence-corrected chi connectivity index (χ2v) is 2.25. The van der Waals surface area contributed by atoms with Crippen LogP contribution in [0.5, 0.6) is 0 Å². The molecule has 1 heterocycles. The van der Waals surface area contributed by atoms with Gasteiger partial charge in [-0.15, -0.1) is 0 Å². The van der Waals surface area contributed by atoms with Gasteiger partial charge in [0.15, 0.2) is 0 Å². The number of imidazole rings is 1. The lowest BCUT2D eigenvalue weighted by atomic mass is 10.5. The van der Waals surface area contributed by atoms with E-state index in [2.05, 4.69) is 20.9 Å². The van der Waals surface area contributed by atoms with Crippen molar-refractivity contribution in [2.45, 2.75) is 0 Å². The van der Waals surface area contributed by atoms with Gasteiger partial charge in [0.05, 0.1) is 18.2 Å². The van der Waals surface area contributed by atoms with Crippen LogP contribution in [0.4, 0.5) is 0 Å². The average molecular weight is 187 g/mol. The zero-order valence-electron chi connectivity index (χ0n) is 5.08. The molecule has 2 nitrogen and oxygen atoms in total. The topological polar surface area (TPSA) is 17.8 Å². The molecule has 1 aromatic heterocycles. The fourth-order valence-electron chi connectivity index (χ4n) is 0.593. The van der Waals surface area contributed by atoms with E-state index in [0.717, 1.165) is 5.69 Å². The molecule has 0 atom stereocenters. The minimum absolute atomic E-state index is 1.09. The van der Waals surface area contributed by atoms with Gasteiger partial charge in [-0.1, -0.05) is 15.9 Å². The van der Waals surface area contributed by atoms with Crippen molar-refractivity contribution in [3.63, 3.8) is 0 Å². The third-order valence-corrected chi connectivity index (χ3v) is 1.35. The molecule has 0 aliphatic carbocycles. The highest BCUT2D eigenvalue weighted by Gasteiger charge is 1.88. The molecular weight excluding hydrogens is 180 g/mol. The second-order valence-electron chi connectivity index (χ2n) is 1.72. The highest BCUT2D eigenvalue weighted by molar-refractivity contribution is 9.11. The number of aromatic nitrogens is 2. The summed E-state index contributed by atoms with van der Waals surface area (Å²) in [6, 6.07) is 0. The van der Waals surface area contributed by atoms with Crippen LogP contribution < -0.4 is 0 Å². The molecule has 0 aliphatic rings. The Morgan fingerprint density at radius 1 is 1.78 bits per heavy atom. The van der Waals surface area contributed by atoms with Crippen LogP contribution in [0, 0.1) is 0 Å². The summed E-state index contributed by atoms with van der Waals surface area (Å²) in [7, 11) is 1.95. The molecule has 9 heavy (non-hydrogen) atoms. The fraction of sp³-hybridized carbons (Fsp3) is 0.167. The van der Waals surface area contributed by atoms with Crippen LogP contribution in [0.25, 0.3) is 6.08 Å². The Hall–Kier alpha value is -0.570. The summed E-state index contributed by atoms with van der Waals surface area (Å²) in [6.45, 7) is 0. The Morgan fingerprint density at radius 3 is 3.00 bits per heavy atom. The van der Waals surface area contributed by atoms with E-state index < -0.39 is 0 Å². The Kier molecular flexibility index (Phi) is 2.05. The number of rotatable bonds is 1. The molecule has 0 bridgehead atoms. The van der Waals surface area contributed by atoms with E-state index in [1.165, 1.54) is 0 Å². The van der Waals surface area contributed by atoms with Gasteiger partial charge in [-0.05, 0) is 11.1 Å². The molecule has 0 aromatic carbocycles. The van der Waals surface area contributed by atoms with Gasteiger partial charge in [0.2, 0.25) is 0 Å². The number of nitrogens with zero attached hydrogens (tertiary/aromatic N) is 2. The number of aryl methyl sites for hydroxylation is 1. The zero-order valence-corrected chi connectivity index (χ0v) is 6.67. The van der Waals surface area contributed by atoms with Crippen molar-refractivity contribution in [2.75, 3.05) is 0 Å². The first-order chi connectivity index (χ1) is 4.34. The summed E-state index contributed by atoms with van der Waals surface area (Å²) < 4.78 is 1.94. The third kappa shape index (κ3) is 1.42. The molecule has 0 aliphatic heterocycles. The molecule has 0 spiro atoms. The number of halogens is 1. The Bertz CT molecular complexity index is 215. The SMILES string of the molecule is Cn1cncc1/C=C/Br. The Labute approximate surface area is 62.3 Å². The van der Waals surface area contributed by atoms with E-state index in [1.54, 1.807) is 12.5 Å². The minimum Gasteiger partial charge on any atom is -0.334 e. The molecule has 48 valence electrons. The normalized spacial score (nSPS) is 10.9. The van der Waals surface area contributed by atoms with Crippen LogP contribution in [0.2, 0.25) is 0 Å². The summed E-state index contributed by atoms with van der Waals surface area (Å²) in [4.78, 5) is 5.74. The van der Waals surface area contributed by atoms with E-state index in [4.69, 9.17) is 0 Å². The van der Waals surface area contributed by atoms with Gasteiger partial charge in [0.1, 0.15) is 0 Å². The van der Waals surface area contributed by atoms with E-state index in [1.807, 2.05) is 22.7 Å². The van der Waals surface area contributed by atoms with Crippen LogP contribution in [-0.2, 0) is 7.05 Å². The van der Waals surface area contributed by atoms with E-state index in [9.17, 15) is 0 Å². The maximum atomic E-state index is 3.93. The molecule has 0 unspecified atom stereocenters. The lowest BCUT2D eigenvalue weighted by Crippen LogP contribution is -1.85. The zero-order chi connectivity index (χ0) is 6.69. The average Bonchev–Trinajstić information content (AvgIpc) is 2.18. The largest absolute Gasteiger partial charge is 0.334 e. The van der Waals surface area contributed by atoms with Gasteiger partial charge in [-0.2, -0.15) is 0 Å². The quantitative estimate of drug-likeness (QED) is 0.655. The van der Waals surface area contributed by atoms with Crippen molar-refractivity contribution >= 4 is 22.0 Å². The first-order valence-corrected chi connectivity index (χ1v) is 3.49. The van der Waals surface area contributed by atoms with Gasteiger partial charge in [0, 0.05) is 7.05 Å². The van der Waals surface area contributed by atoms with E-state index >= 15 is 0 Å². The highest BCUT2D eigenvalue weighted by Crippen LogP contribution is 2.00. The van der Waals surface area contributed by atoms with Crippen molar-refractivity contribution in [1.82, 2.24) is 9.55 Å². The Balaban J connectivity index is 2.94. The molecule has 1 aromatic rings. The first kappa shape index (κ1) is 6.55. The van der Waals surface area contributed by atoms with Gasteiger partial charge in [-0.3, -0.25) is 0 Å². The number of hydrogen-bond acceptors (Lipinski definition) is 1. The molecule has 0 saturated carbocycles. The molecule has 0 radical (unpaired) electrons. The lowest BCUT2D eigenvalue weighted by molar-refractivity contribution is 0.902. The van der Waals surface area contributed by atoms with Crippen LogP contribution >= 0.6 is 15.9 Å². The highest BCUT2D eigenvalue weighted by atomic mass is 79.9. The van der Waals surface area contributed by atoms with Crippen LogP contribution in [0.3, 0.4) is 0 Å². The van der Waals surface area contributed by atoms with Gasteiger partial charge in [0.25, 0.3) is 0 Å². The van der Waals surface area contributed by atoms with Gasteiger partial charge < -0.3 is 4.57 Å². The van der Waals surface area contributed by atoms with Crippen molar-refractivity contribution in [3.05, 3.63) is 23.2 Å². The smallest absolute Gasteiger partial charge is 0.0948 e. The van der Waals surface area contributed by atoms with Crippen molar-refractivity contribution < 1.29 is 0 Å². The van der Waals surface area contributed by atoms with Gasteiger partial charge in [-0.25, -0.2) is 4.98 Å². The monoisotopic (exact) mass is 186 g/mol. The number of hydrogen-bond donors (Lipinski definition) is 0. The molecule has 3 heteroatoms. The molecular formula is C6H7BrN2. The molecule has 0 saturated heterocycles. The predicted molar refractivity (Wildman–Crippen MR) is 41.2 cm³/mol. The first-order valence-electron chi connectivity index (χ1n) is 2.57. The maximum Gasteiger partial charge on any atom is 0.0948 e. The fourth-order valence-corrected chi connectivity index (χ4v) is 0.863. The molecule has 0 N–H and O–H groups in total. The summed E-state index contributed by atoms with van der Waals surface area (Å²) in [5.74, 6) is 0.